The average molecular weight is 630 g/mol. The molecule has 0 saturated carbocycles. The Morgan fingerprint density at radius 1 is 0.449 bits per heavy atom. The first-order valence-electron chi connectivity index (χ1n) is 17.5. The molecule has 7 aromatic rings. The van der Waals surface area contributed by atoms with Gasteiger partial charge in [0.1, 0.15) is 0 Å². The molecule has 2 aliphatic carbocycles. The Labute approximate surface area is 290 Å². The molecule has 1 nitrogen and oxygen atoms in total. The average Bonchev–Trinajstić information content (AvgIpc) is 3.61. The maximum atomic E-state index is 2.51. The Morgan fingerprint density at radius 3 is 1.59 bits per heavy atom. The van der Waals surface area contributed by atoms with Gasteiger partial charge in [0.05, 0.1) is 0 Å². The molecule has 49 heavy (non-hydrogen) atoms. The first-order valence-corrected chi connectivity index (χ1v) is 17.5. The van der Waals surface area contributed by atoms with E-state index in [-0.39, 0.29) is 5.41 Å². The molecule has 1 atom stereocenters. The quantitative estimate of drug-likeness (QED) is 0.177. The van der Waals surface area contributed by atoms with Crippen LogP contribution in [0.5, 0.6) is 0 Å². The highest BCUT2D eigenvalue weighted by molar-refractivity contribution is 5.86. The van der Waals surface area contributed by atoms with E-state index < -0.39 is 0 Å². The van der Waals surface area contributed by atoms with Gasteiger partial charge in [0.15, 0.2) is 0 Å². The summed E-state index contributed by atoms with van der Waals surface area (Å²) in [5, 5.41) is 0. The lowest BCUT2D eigenvalue weighted by Gasteiger charge is -2.28. The van der Waals surface area contributed by atoms with Crippen LogP contribution in [0.3, 0.4) is 0 Å². The third-order valence-corrected chi connectivity index (χ3v) is 11.1. The molecular weight excluding hydrogens is 591 g/mol. The third kappa shape index (κ3) is 4.76. The number of anilines is 3. The van der Waals surface area contributed by atoms with Gasteiger partial charge >= 0.3 is 0 Å². The van der Waals surface area contributed by atoms with Crippen LogP contribution in [0.2, 0.25) is 0 Å². The smallest absolute Gasteiger partial charge is 0.0465 e. The van der Waals surface area contributed by atoms with Crippen LogP contribution >= 0.6 is 0 Å². The highest BCUT2D eigenvalue weighted by Crippen LogP contribution is 2.54. The molecule has 0 heterocycles. The lowest BCUT2D eigenvalue weighted by Crippen LogP contribution is -2.17. The number of rotatable bonds is 6. The monoisotopic (exact) mass is 629 g/mol. The third-order valence-electron chi connectivity index (χ3n) is 11.1. The van der Waals surface area contributed by atoms with Crippen LogP contribution < -0.4 is 4.90 Å². The lowest BCUT2D eigenvalue weighted by molar-refractivity contribution is 0.645. The zero-order valence-corrected chi connectivity index (χ0v) is 28.3. The SMILES string of the molecule is CC(c1ccc2c(c1)C(C)(C)c1cc(N(c3ccccc3)c3ccc(-c4ccccc4)cc3)ccc1-2)C1c2ccccc2-c2ccccc21. The second kappa shape index (κ2) is 11.5. The standard InChI is InChI=1S/C48H39N/c1-32(47-43-20-12-10-18-39(43)40-19-11-13-21-44(40)47)35-24-28-41-42-29-27-38(31-46(42)48(2,3)45(41)30-35)49(36-16-8-5-9-17-36)37-25-22-34(23-26-37)33-14-6-4-7-15-33/h4-32,47H,1-3H3. The van der Waals surface area contributed by atoms with Crippen molar-refractivity contribution in [3.05, 3.63) is 198 Å². The normalized spacial score (nSPS) is 14.4. The fraction of sp³-hybridized carbons (Fsp3) is 0.125. The van der Waals surface area contributed by atoms with Crippen LogP contribution in [0.15, 0.2) is 170 Å². The van der Waals surface area contributed by atoms with Gasteiger partial charge < -0.3 is 4.90 Å². The molecule has 0 fully saturated rings. The molecule has 1 unspecified atom stereocenters. The van der Waals surface area contributed by atoms with E-state index in [9.17, 15) is 0 Å². The number of fused-ring (bicyclic) bond motifs is 6. The van der Waals surface area contributed by atoms with Crippen molar-refractivity contribution in [3.63, 3.8) is 0 Å². The predicted octanol–water partition coefficient (Wildman–Crippen LogP) is 13.0. The minimum atomic E-state index is -0.137. The summed E-state index contributed by atoms with van der Waals surface area (Å²) in [6, 6.07) is 62.6. The molecule has 0 spiro atoms. The van der Waals surface area contributed by atoms with E-state index in [1.54, 1.807) is 0 Å². The zero-order chi connectivity index (χ0) is 33.1. The van der Waals surface area contributed by atoms with Gasteiger partial charge in [-0.3, -0.25) is 0 Å². The van der Waals surface area contributed by atoms with Crippen molar-refractivity contribution < 1.29 is 0 Å². The molecule has 0 bridgehead atoms. The molecule has 0 amide bonds. The van der Waals surface area contributed by atoms with Gasteiger partial charge in [0, 0.05) is 28.4 Å². The fourth-order valence-corrected chi connectivity index (χ4v) is 8.55. The second-order valence-electron chi connectivity index (χ2n) is 14.2. The first-order chi connectivity index (χ1) is 24.0. The summed E-state index contributed by atoms with van der Waals surface area (Å²) in [5.74, 6) is 0.689. The number of para-hydroxylation sites is 1. The Bertz CT molecular complexity index is 2270. The summed E-state index contributed by atoms with van der Waals surface area (Å²) in [5.41, 5.74) is 18.3. The van der Waals surface area contributed by atoms with Gasteiger partial charge in [-0.25, -0.2) is 0 Å². The minimum Gasteiger partial charge on any atom is -0.310 e. The van der Waals surface area contributed by atoms with Gasteiger partial charge in [-0.05, 0) is 104 Å². The van der Waals surface area contributed by atoms with E-state index in [1.807, 2.05) is 0 Å². The van der Waals surface area contributed by atoms with Crippen LogP contribution in [0.4, 0.5) is 17.1 Å². The summed E-state index contributed by atoms with van der Waals surface area (Å²) in [4.78, 5) is 2.39. The summed E-state index contributed by atoms with van der Waals surface area (Å²) in [6.07, 6.45) is 0. The van der Waals surface area contributed by atoms with Crippen LogP contribution in [0, 0.1) is 0 Å². The van der Waals surface area contributed by atoms with Crippen molar-refractivity contribution in [2.75, 3.05) is 4.90 Å². The van der Waals surface area contributed by atoms with Crippen LogP contribution in [-0.2, 0) is 5.41 Å². The highest BCUT2D eigenvalue weighted by atomic mass is 15.1. The van der Waals surface area contributed by atoms with Gasteiger partial charge in [-0.2, -0.15) is 0 Å². The fourth-order valence-electron chi connectivity index (χ4n) is 8.55. The molecule has 0 aliphatic heterocycles. The van der Waals surface area contributed by atoms with Crippen molar-refractivity contribution in [1.29, 1.82) is 0 Å². The van der Waals surface area contributed by atoms with E-state index in [0.29, 0.717) is 11.8 Å². The maximum Gasteiger partial charge on any atom is 0.0465 e. The lowest BCUT2D eigenvalue weighted by atomic mass is 9.77. The minimum absolute atomic E-state index is 0.137. The van der Waals surface area contributed by atoms with Gasteiger partial charge in [-0.15, -0.1) is 0 Å². The van der Waals surface area contributed by atoms with E-state index in [1.165, 1.54) is 66.9 Å². The van der Waals surface area contributed by atoms with E-state index >= 15 is 0 Å². The van der Waals surface area contributed by atoms with Gasteiger partial charge in [0.25, 0.3) is 0 Å². The van der Waals surface area contributed by atoms with Crippen LogP contribution in [0.1, 0.15) is 60.4 Å². The van der Waals surface area contributed by atoms with E-state index in [4.69, 9.17) is 0 Å². The summed E-state index contributed by atoms with van der Waals surface area (Å²) < 4.78 is 0. The Morgan fingerprint density at radius 2 is 0.939 bits per heavy atom. The molecule has 0 radical (unpaired) electrons. The number of benzene rings is 7. The zero-order valence-electron chi connectivity index (χ0n) is 28.3. The summed E-state index contributed by atoms with van der Waals surface area (Å²) >= 11 is 0. The van der Waals surface area contributed by atoms with Gasteiger partial charge in [0.2, 0.25) is 0 Å². The number of hydrogen-bond donors (Lipinski definition) is 0. The van der Waals surface area contributed by atoms with E-state index in [2.05, 4.69) is 196 Å². The van der Waals surface area contributed by atoms with Crippen LogP contribution in [-0.4, -0.2) is 0 Å². The summed E-state index contributed by atoms with van der Waals surface area (Å²) in [6.45, 7) is 7.22. The predicted molar refractivity (Wildman–Crippen MR) is 206 cm³/mol. The van der Waals surface area contributed by atoms with Crippen molar-refractivity contribution in [2.24, 2.45) is 0 Å². The second-order valence-corrected chi connectivity index (χ2v) is 14.2. The Balaban J connectivity index is 1.09. The molecule has 236 valence electrons. The number of nitrogens with zero attached hydrogens (tertiary/aromatic N) is 1. The largest absolute Gasteiger partial charge is 0.310 e. The molecular formula is C48H39N. The Kier molecular flexibility index (Phi) is 6.91. The number of hydrogen-bond acceptors (Lipinski definition) is 1. The molecule has 1 heteroatoms. The molecule has 7 aromatic carbocycles. The van der Waals surface area contributed by atoms with Crippen LogP contribution in [0.25, 0.3) is 33.4 Å². The molecule has 2 aliphatic rings. The van der Waals surface area contributed by atoms with Crippen molar-refractivity contribution in [1.82, 2.24) is 0 Å². The van der Waals surface area contributed by atoms with Crippen molar-refractivity contribution in [3.8, 4) is 33.4 Å². The molecule has 0 saturated heterocycles. The Hall–Kier alpha value is -5.66. The van der Waals surface area contributed by atoms with Crippen molar-refractivity contribution in [2.45, 2.75) is 38.0 Å². The molecule has 0 N–H and O–H groups in total. The molecule has 9 rings (SSSR count). The topological polar surface area (TPSA) is 3.24 Å². The van der Waals surface area contributed by atoms with Crippen molar-refractivity contribution >= 4 is 17.1 Å². The summed E-state index contributed by atoms with van der Waals surface area (Å²) in [7, 11) is 0. The van der Waals surface area contributed by atoms with Gasteiger partial charge in [-0.1, -0.05) is 154 Å². The molecule has 0 aromatic heterocycles. The maximum absolute atomic E-state index is 2.51. The van der Waals surface area contributed by atoms with E-state index in [0.717, 1.165) is 11.4 Å². The first kappa shape index (κ1) is 29.5. The highest BCUT2D eigenvalue weighted by Gasteiger charge is 2.38.